The summed E-state index contributed by atoms with van der Waals surface area (Å²) in [7, 11) is 0. The van der Waals surface area contributed by atoms with Gasteiger partial charge in [0.25, 0.3) is 0 Å². The molecule has 2 atom stereocenters. The number of carbonyl (C=O) groups is 2. The van der Waals surface area contributed by atoms with Crippen molar-refractivity contribution in [3.05, 3.63) is 0 Å². The van der Waals surface area contributed by atoms with Crippen LogP contribution < -0.4 is 5.84 Å². The van der Waals surface area contributed by atoms with Crippen molar-refractivity contribution >= 4 is 12.2 Å². The third kappa shape index (κ3) is 1.89. The number of aldehydes is 1. The minimum absolute atomic E-state index is 0.0320. The minimum Gasteiger partial charge on any atom is -0.332 e. The lowest BCUT2D eigenvalue weighted by atomic mass is 10.2. The van der Waals surface area contributed by atoms with Crippen molar-refractivity contribution in [2.24, 2.45) is 5.84 Å². The van der Waals surface area contributed by atoms with E-state index in [0.717, 1.165) is 38.5 Å². The van der Waals surface area contributed by atoms with Crippen molar-refractivity contribution in [3.8, 4) is 0 Å². The van der Waals surface area contributed by atoms with Crippen LogP contribution in [0.1, 0.15) is 25.7 Å². The zero-order valence-corrected chi connectivity index (χ0v) is 8.76. The van der Waals surface area contributed by atoms with Crippen molar-refractivity contribution in [1.82, 2.24) is 9.91 Å². The van der Waals surface area contributed by atoms with E-state index in [9.17, 15) is 9.59 Å². The molecule has 2 saturated heterocycles. The van der Waals surface area contributed by atoms with E-state index in [2.05, 4.69) is 0 Å². The maximum absolute atomic E-state index is 12.1. The molecule has 2 rings (SSSR count). The van der Waals surface area contributed by atoms with Crippen LogP contribution >= 0.6 is 0 Å². The number of rotatable bonds is 2. The first-order valence-corrected chi connectivity index (χ1v) is 5.51. The molecule has 2 aliphatic heterocycles. The molecule has 15 heavy (non-hydrogen) atoms. The highest BCUT2D eigenvalue weighted by Gasteiger charge is 2.36. The Bertz CT molecular complexity index is 269. The molecule has 2 fully saturated rings. The van der Waals surface area contributed by atoms with Gasteiger partial charge in [-0.05, 0) is 25.7 Å². The molecule has 2 aliphatic rings. The first-order chi connectivity index (χ1) is 7.24. The summed E-state index contributed by atoms with van der Waals surface area (Å²) >= 11 is 0. The standard InChI is InChI=1S/C10H17N3O2/c11-13-6-2-4-9(13)10(15)12-5-1-3-8(12)7-14/h7-9H,1-6,11H2. The first kappa shape index (κ1) is 10.6. The van der Waals surface area contributed by atoms with Crippen LogP contribution in [0.15, 0.2) is 0 Å². The molecule has 0 radical (unpaired) electrons. The van der Waals surface area contributed by atoms with Gasteiger partial charge in [0.15, 0.2) is 0 Å². The molecule has 5 nitrogen and oxygen atoms in total. The summed E-state index contributed by atoms with van der Waals surface area (Å²) in [6.07, 6.45) is 4.38. The second kappa shape index (κ2) is 4.28. The number of hydrazine groups is 1. The average Bonchev–Trinajstić information content (AvgIpc) is 2.84. The molecule has 0 bridgehead atoms. The van der Waals surface area contributed by atoms with Crippen LogP contribution in [-0.2, 0) is 9.59 Å². The Morgan fingerprint density at radius 2 is 2.00 bits per heavy atom. The van der Waals surface area contributed by atoms with E-state index in [1.54, 1.807) is 9.91 Å². The van der Waals surface area contributed by atoms with Crippen molar-refractivity contribution < 1.29 is 9.59 Å². The summed E-state index contributed by atoms with van der Waals surface area (Å²) in [6.45, 7) is 1.47. The van der Waals surface area contributed by atoms with E-state index in [0.29, 0.717) is 6.54 Å². The fourth-order valence-electron chi connectivity index (χ4n) is 2.45. The molecule has 1 amide bonds. The quantitative estimate of drug-likeness (QED) is 0.494. The number of nitrogens with two attached hydrogens (primary N) is 1. The van der Waals surface area contributed by atoms with E-state index >= 15 is 0 Å². The highest BCUT2D eigenvalue weighted by molar-refractivity contribution is 5.85. The molecule has 5 heteroatoms. The number of likely N-dealkylation sites (tertiary alicyclic amines) is 1. The van der Waals surface area contributed by atoms with Gasteiger partial charge in [0, 0.05) is 13.1 Å². The van der Waals surface area contributed by atoms with Gasteiger partial charge in [-0.25, -0.2) is 5.01 Å². The lowest BCUT2D eigenvalue weighted by molar-refractivity contribution is -0.138. The second-order valence-electron chi connectivity index (χ2n) is 4.27. The van der Waals surface area contributed by atoms with Crippen LogP contribution in [0.25, 0.3) is 0 Å². The van der Waals surface area contributed by atoms with Gasteiger partial charge in [-0.1, -0.05) is 0 Å². The van der Waals surface area contributed by atoms with Crippen LogP contribution in [-0.4, -0.2) is 47.3 Å². The van der Waals surface area contributed by atoms with Crippen LogP contribution in [0.5, 0.6) is 0 Å². The van der Waals surface area contributed by atoms with E-state index in [1.165, 1.54) is 0 Å². The topological polar surface area (TPSA) is 66.6 Å². The lowest BCUT2D eigenvalue weighted by Crippen LogP contribution is -2.50. The maximum Gasteiger partial charge on any atom is 0.241 e. The van der Waals surface area contributed by atoms with E-state index in [4.69, 9.17) is 5.84 Å². The molecule has 0 aromatic carbocycles. The lowest BCUT2D eigenvalue weighted by Gasteiger charge is -2.27. The SMILES string of the molecule is NN1CCCC1C(=O)N1CCCC1C=O. The largest absolute Gasteiger partial charge is 0.332 e. The highest BCUT2D eigenvalue weighted by Crippen LogP contribution is 2.21. The van der Waals surface area contributed by atoms with Crippen LogP contribution in [0.2, 0.25) is 0 Å². The molecular formula is C10H17N3O2. The number of nitrogens with zero attached hydrogens (tertiary/aromatic N) is 2. The summed E-state index contributed by atoms with van der Waals surface area (Å²) < 4.78 is 0. The van der Waals surface area contributed by atoms with Gasteiger partial charge in [-0.15, -0.1) is 0 Å². The van der Waals surface area contributed by atoms with E-state index in [-0.39, 0.29) is 18.0 Å². The summed E-state index contributed by atoms with van der Waals surface area (Å²) in [4.78, 5) is 24.5. The Kier molecular flexibility index (Phi) is 3.02. The van der Waals surface area contributed by atoms with Gasteiger partial charge in [0.1, 0.15) is 12.3 Å². The van der Waals surface area contributed by atoms with Gasteiger partial charge in [0.05, 0.1) is 6.04 Å². The molecule has 2 heterocycles. The molecule has 2 unspecified atom stereocenters. The fraction of sp³-hybridized carbons (Fsp3) is 0.800. The summed E-state index contributed by atoms with van der Waals surface area (Å²) in [5, 5.41) is 1.60. The smallest absolute Gasteiger partial charge is 0.241 e. The van der Waals surface area contributed by atoms with E-state index in [1.807, 2.05) is 0 Å². The van der Waals surface area contributed by atoms with Gasteiger partial charge in [0.2, 0.25) is 5.91 Å². The van der Waals surface area contributed by atoms with Crippen LogP contribution in [0.3, 0.4) is 0 Å². The number of carbonyl (C=O) groups excluding carboxylic acids is 2. The third-order valence-corrected chi connectivity index (χ3v) is 3.32. The summed E-state index contributed by atoms with van der Waals surface area (Å²) in [5.74, 6) is 5.76. The Morgan fingerprint density at radius 3 is 2.60 bits per heavy atom. The fourth-order valence-corrected chi connectivity index (χ4v) is 2.45. The average molecular weight is 211 g/mol. The highest BCUT2D eigenvalue weighted by atomic mass is 16.2. The van der Waals surface area contributed by atoms with Crippen molar-refractivity contribution in [3.63, 3.8) is 0 Å². The molecule has 84 valence electrons. The van der Waals surface area contributed by atoms with Gasteiger partial charge in [-0.3, -0.25) is 10.6 Å². The Morgan fingerprint density at radius 1 is 1.27 bits per heavy atom. The first-order valence-electron chi connectivity index (χ1n) is 5.51. The number of hydrogen-bond acceptors (Lipinski definition) is 4. The van der Waals surface area contributed by atoms with Crippen LogP contribution in [0, 0.1) is 0 Å². The minimum atomic E-state index is -0.216. The monoisotopic (exact) mass is 211 g/mol. The molecule has 0 aromatic rings. The summed E-state index contributed by atoms with van der Waals surface area (Å²) in [5.41, 5.74) is 0. The van der Waals surface area contributed by atoms with Gasteiger partial charge < -0.3 is 9.69 Å². The third-order valence-electron chi connectivity index (χ3n) is 3.32. The molecule has 2 N–H and O–H groups in total. The van der Waals surface area contributed by atoms with Crippen molar-refractivity contribution in [2.45, 2.75) is 37.8 Å². The molecule has 0 aliphatic carbocycles. The van der Waals surface area contributed by atoms with Crippen LogP contribution in [0.4, 0.5) is 0 Å². The zero-order chi connectivity index (χ0) is 10.8. The van der Waals surface area contributed by atoms with Crippen molar-refractivity contribution in [2.75, 3.05) is 13.1 Å². The number of hydrogen-bond donors (Lipinski definition) is 1. The zero-order valence-electron chi connectivity index (χ0n) is 8.76. The normalized spacial score (nSPS) is 32.2. The molecule has 0 aromatic heterocycles. The van der Waals surface area contributed by atoms with E-state index < -0.39 is 0 Å². The molecule has 0 saturated carbocycles. The predicted octanol–water partition coefficient (Wildman–Crippen LogP) is -0.486. The van der Waals surface area contributed by atoms with Gasteiger partial charge >= 0.3 is 0 Å². The Labute approximate surface area is 89.2 Å². The predicted molar refractivity (Wildman–Crippen MR) is 54.7 cm³/mol. The molecular weight excluding hydrogens is 194 g/mol. The Balaban J connectivity index is 2.03. The maximum atomic E-state index is 12.1. The number of amides is 1. The van der Waals surface area contributed by atoms with Crippen molar-refractivity contribution in [1.29, 1.82) is 0 Å². The van der Waals surface area contributed by atoms with Gasteiger partial charge in [-0.2, -0.15) is 0 Å². The second-order valence-corrected chi connectivity index (χ2v) is 4.27. The summed E-state index contributed by atoms with van der Waals surface area (Å²) in [6, 6.07) is -0.419. The Hall–Kier alpha value is -0.940. The molecule has 0 spiro atoms.